The molecule has 0 radical (unpaired) electrons. The SMILES string of the molecule is Cc1ccc2nc(N(CCN(C)C)C(=O)c3ccnn3C(C)C)sc2c1.Cl. The normalized spacial score (nSPS) is 11.2. The number of aryl methyl sites for hydroxylation is 1. The van der Waals surface area contributed by atoms with Crippen LogP contribution in [-0.2, 0) is 0 Å². The van der Waals surface area contributed by atoms with E-state index in [1.54, 1.807) is 33.2 Å². The fraction of sp³-hybridized carbons (Fsp3) is 0.421. The van der Waals surface area contributed by atoms with Crippen molar-refractivity contribution in [1.82, 2.24) is 19.7 Å². The molecule has 0 spiro atoms. The van der Waals surface area contributed by atoms with Crippen LogP contribution in [-0.4, -0.2) is 52.8 Å². The second-order valence-corrected chi connectivity index (χ2v) is 7.99. The number of halogens is 1. The first kappa shape index (κ1) is 21.3. The van der Waals surface area contributed by atoms with Gasteiger partial charge in [0.05, 0.1) is 10.2 Å². The number of carbonyl (C=O) groups is 1. The Labute approximate surface area is 170 Å². The Bertz CT molecular complexity index is 918. The van der Waals surface area contributed by atoms with E-state index in [0.29, 0.717) is 12.2 Å². The minimum absolute atomic E-state index is 0. The van der Waals surface area contributed by atoms with E-state index in [2.05, 4.69) is 23.0 Å². The summed E-state index contributed by atoms with van der Waals surface area (Å²) in [6.45, 7) is 7.45. The molecule has 1 aromatic carbocycles. The number of thiazole rings is 1. The predicted molar refractivity (Wildman–Crippen MR) is 114 cm³/mol. The highest BCUT2D eigenvalue weighted by molar-refractivity contribution is 7.22. The molecule has 0 aliphatic heterocycles. The standard InChI is InChI=1S/C19H25N5OS.ClH/c1-13(2)24-16(8-9-20-24)18(25)23(11-10-22(4)5)19-21-15-7-6-14(3)12-17(15)26-19;/h6-9,12-13H,10-11H2,1-5H3;1H. The zero-order valence-electron chi connectivity index (χ0n) is 16.3. The molecule has 0 aliphatic rings. The first-order valence-corrected chi connectivity index (χ1v) is 9.55. The fourth-order valence-corrected chi connectivity index (χ4v) is 3.84. The third-order valence-corrected chi connectivity index (χ3v) is 5.20. The van der Waals surface area contributed by atoms with Crippen molar-refractivity contribution in [3.05, 3.63) is 41.7 Å². The number of amides is 1. The van der Waals surface area contributed by atoms with Gasteiger partial charge in [0.25, 0.3) is 5.91 Å². The lowest BCUT2D eigenvalue weighted by Gasteiger charge is -2.22. The summed E-state index contributed by atoms with van der Waals surface area (Å²) in [5, 5.41) is 5.03. The molecule has 27 heavy (non-hydrogen) atoms. The number of hydrogen-bond donors (Lipinski definition) is 0. The average molecular weight is 408 g/mol. The first-order chi connectivity index (χ1) is 12.4. The number of carbonyl (C=O) groups excluding carboxylic acids is 1. The summed E-state index contributed by atoms with van der Waals surface area (Å²) >= 11 is 1.56. The third kappa shape index (κ3) is 4.66. The molecule has 2 aromatic heterocycles. The van der Waals surface area contributed by atoms with Gasteiger partial charge in [0, 0.05) is 25.3 Å². The Morgan fingerprint density at radius 3 is 2.63 bits per heavy atom. The van der Waals surface area contributed by atoms with Crippen LogP contribution in [0.1, 0.15) is 35.9 Å². The number of fused-ring (bicyclic) bond motifs is 1. The van der Waals surface area contributed by atoms with Crippen molar-refractivity contribution in [3.63, 3.8) is 0 Å². The molecule has 6 nitrogen and oxygen atoms in total. The molecule has 0 unspecified atom stereocenters. The van der Waals surface area contributed by atoms with E-state index in [4.69, 9.17) is 4.98 Å². The number of hydrogen-bond acceptors (Lipinski definition) is 5. The zero-order chi connectivity index (χ0) is 18.8. The Kier molecular flexibility index (Phi) is 6.97. The lowest BCUT2D eigenvalue weighted by molar-refractivity contribution is 0.0973. The third-order valence-electron chi connectivity index (χ3n) is 4.16. The van der Waals surface area contributed by atoms with Crippen LogP contribution in [0.4, 0.5) is 5.13 Å². The summed E-state index contributed by atoms with van der Waals surface area (Å²) in [4.78, 5) is 21.9. The number of likely N-dealkylation sites (N-methyl/N-ethyl adjacent to an activating group) is 1. The minimum Gasteiger partial charge on any atom is -0.308 e. The maximum absolute atomic E-state index is 13.3. The van der Waals surface area contributed by atoms with Crippen molar-refractivity contribution >= 4 is 45.0 Å². The van der Waals surface area contributed by atoms with Crippen LogP contribution in [0.2, 0.25) is 0 Å². The summed E-state index contributed by atoms with van der Waals surface area (Å²) in [5.41, 5.74) is 2.71. The summed E-state index contributed by atoms with van der Waals surface area (Å²) in [6, 6.07) is 8.08. The Morgan fingerprint density at radius 1 is 1.22 bits per heavy atom. The topological polar surface area (TPSA) is 54.3 Å². The van der Waals surface area contributed by atoms with Gasteiger partial charge >= 0.3 is 0 Å². The van der Waals surface area contributed by atoms with Gasteiger partial charge in [-0.3, -0.25) is 14.4 Å². The summed E-state index contributed by atoms with van der Waals surface area (Å²) in [7, 11) is 4.01. The quantitative estimate of drug-likeness (QED) is 0.619. The van der Waals surface area contributed by atoms with Gasteiger partial charge in [-0.15, -0.1) is 12.4 Å². The van der Waals surface area contributed by atoms with Crippen molar-refractivity contribution in [2.24, 2.45) is 0 Å². The van der Waals surface area contributed by atoms with Gasteiger partial charge in [-0.25, -0.2) is 4.98 Å². The first-order valence-electron chi connectivity index (χ1n) is 8.74. The predicted octanol–water partition coefficient (Wildman–Crippen LogP) is 4.01. The van der Waals surface area contributed by atoms with Crippen LogP contribution in [0, 0.1) is 6.92 Å². The molecule has 1 amide bonds. The van der Waals surface area contributed by atoms with E-state index in [0.717, 1.165) is 21.9 Å². The van der Waals surface area contributed by atoms with Gasteiger partial charge in [-0.2, -0.15) is 5.10 Å². The highest BCUT2D eigenvalue weighted by Crippen LogP contribution is 2.30. The average Bonchev–Trinajstić information content (AvgIpc) is 3.20. The second-order valence-electron chi connectivity index (χ2n) is 6.98. The van der Waals surface area contributed by atoms with E-state index in [-0.39, 0.29) is 24.4 Å². The van der Waals surface area contributed by atoms with E-state index < -0.39 is 0 Å². The van der Waals surface area contributed by atoms with Gasteiger partial charge in [0.1, 0.15) is 5.69 Å². The molecule has 0 bridgehead atoms. The van der Waals surface area contributed by atoms with Crippen molar-refractivity contribution in [2.45, 2.75) is 26.8 Å². The van der Waals surface area contributed by atoms with Gasteiger partial charge in [-0.1, -0.05) is 17.4 Å². The van der Waals surface area contributed by atoms with E-state index >= 15 is 0 Å². The number of benzene rings is 1. The highest BCUT2D eigenvalue weighted by atomic mass is 35.5. The van der Waals surface area contributed by atoms with Crippen LogP contribution in [0.3, 0.4) is 0 Å². The summed E-state index contributed by atoms with van der Waals surface area (Å²) in [6.07, 6.45) is 1.68. The monoisotopic (exact) mass is 407 g/mol. The molecular weight excluding hydrogens is 382 g/mol. The summed E-state index contributed by atoms with van der Waals surface area (Å²) in [5.74, 6) is -0.0613. The van der Waals surface area contributed by atoms with Gasteiger partial charge in [0.15, 0.2) is 5.13 Å². The molecule has 3 rings (SSSR count). The molecule has 8 heteroatoms. The van der Waals surface area contributed by atoms with Crippen molar-refractivity contribution in [3.8, 4) is 0 Å². The van der Waals surface area contributed by atoms with E-state index in [1.165, 1.54) is 5.56 Å². The van der Waals surface area contributed by atoms with Crippen molar-refractivity contribution < 1.29 is 4.79 Å². The molecule has 0 N–H and O–H groups in total. The summed E-state index contributed by atoms with van der Waals surface area (Å²) < 4.78 is 2.86. The molecule has 0 atom stereocenters. The number of aromatic nitrogens is 3. The molecule has 0 aliphatic carbocycles. The van der Waals surface area contributed by atoms with Crippen LogP contribution in [0.15, 0.2) is 30.5 Å². The smallest absolute Gasteiger partial charge is 0.278 e. The van der Waals surface area contributed by atoms with Gasteiger partial charge in [-0.05, 0) is 58.6 Å². The Hall–Kier alpha value is -1.96. The van der Waals surface area contributed by atoms with Crippen molar-refractivity contribution in [2.75, 3.05) is 32.1 Å². The molecule has 3 aromatic rings. The van der Waals surface area contributed by atoms with E-state index in [1.807, 2.05) is 40.1 Å². The van der Waals surface area contributed by atoms with Crippen LogP contribution < -0.4 is 4.90 Å². The molecule has 2 heterocycles. The molecule has 146 valence electrons. The number of anilines is 1. The van der Waals surface area contributed by atoms with Gasteiger partial charge in [0.2, 0.25) is 0 Å². The fourth-order valence-electron chi connectivity index (χ4n) is 2.75. The Morgan fingerprint density at radius 2 is 1.96 bits per heavy atom. The molecular formula is C19H26ClN5OS. The number of nitrogens with zero attached hydrogens (tertiary/aromatic N) is 5. The highest BCUT2D eigenvalue weighted by Gasteiger charge is 2.25. The van der Waals surface area contributed by atoms with Gasteiger partial charge < -0.3 is 4.90 Å². The molecule has 0 saturated heterocycles. The molecule has 0 saturated carbocycles. The Balaban J connectivity index is 0.00000261. The minimum atomic E-state index is -0.0613. The zero-order valence-corrected chi connectivity index (χ0v) is 18.0. The van der Waals surface area contributed by atoms with Crippen molar-refractivity contribution in [1.29, 1.82) is 0 Å². The molecule has 0 fully saturated rings. The number of rotatable bonds is 6. The lowest BCUT2D eigenvalue weighted by Crippen LogP contribution is -2.38. The maximum atomic E-state index is 13.3. The lowest BCUT2D eigenvalue weighted by atomic mass is 10.2. The van der Waals surface area contributed by atoms with Crippen LogP contribution >= 0.6 is 23.7 Å². The van der Waals surface area contributed by atoms with E-state index in [9.17, 15) is 4.79 Å². The largest absolute Gasteiger partial charge is 0.308 e. The maximum Gasteiger partial charge on any atom is 0.278 e. The van der Waals surface area contributed by atoms with Crippen LogP contribution in [0.5, 0.6) is 0 Å². The second kappa shape index (κ2) is 8.82. The van der Waals surface area contributed by atoms with Crippen LogP contribution in [0.25, 0.3) is 10.2 Å².